The molecule has 0 amide bonds. The molecule has 0 fully saturated rings. The van der Waals surface area contributed by atoms with Crippen LogP contribution in [-0.4, -0.2) is 23.5 Å². The summed E-state index contributed by atoms with van der Waals surface area (Å²) in [6, 6.07) is 12.7. The van der Waals surface area contributed by atoms with Gasteiger partial charge in [0.25, 0.3) is 0 Å². The van der Waals surface area contributed by atoms with Crippen molar-refractivity contribution in [2.75, 3.05) is 19.0 Å². The van der Waals surface area contributed by atoms with Crippen molar-refractivity contribution in [1.29, 1.82) is 0 Å². The molecule has 0 unspecified atom stereocenters. The molecule has 0 aliphatic carbocycles. The van der Waals surface area contributed by atoms with E-state index in [1.165, 1.54) is 15.5 Å². The molecule has 0 aliphatic rings. The van der Waals surface area contributed by atoms with Crippen LogP contribution in [0, 0.1) is 0 Å². The summed E-state index contributed by atoms with van der Waals surface area (Å²) in [5, 5.41) is 0. The van der Waals surface area contributed by atoms with E-state index in [-0.39, 0.29) is 0 Å². The summed E-state index contributed by atoms with van der Waals surface area (Å²) in [4.78, 5) is 8.80. The highest BCUT2D eigenvalue weighted by molar-refractivity contribution is 7.99. The third-order valence-electron chi connectivity index (χ3n) is 2.95. The Morgan fingerprint density at radius 3 is 2.47 bits per heavy atom. The summed E-state index contributed by atoms with van der Waals surface area (Å²) in [5.74, 6) is 0. The van der Waals surface area contributed by atoms with Gasteiger partial charge in [-0.2, -0.15) is 0 Å². The molecule has 0 spiro atoms. The molecule has 4 heteroatoms. The van der Waals surface area contributed by atoms with Crippen LogP contribution in [0.5, 0.6) is 0 Å². The number of fused-ring (bicyclic) bond motifs is 1. The third-order valence-corrected chi connectivity index (χ3v) is 3.94. The molecule has 0 saturated carbocycles. The number of rotatable bonds is 3. The maximum absolute atomic E-state index is 4.25. The Labute approximate surface area is 116 Å². The zero-order valence-electron chi connectivity index (χ0n) is 10.9. The molecule has 3 nitrogen and oxygen atoms in total. The Hall–Kier alpha value is -1.94. The lowest BCUT2D eigenvalue weighted by Crippen LogP contribution is -2.07. The van der Waals surface area contributed by atoms with Gasteiger partial charge in [0, 0.05) is 48.2 Å². The molecular weight excluding hydrogens is 254 g/mol. The topological polar surface area (TPSA) is 20.5 Å². The largest absolute Gasteiger partial charge is 0.378 e. The molecule has 0 saturated heterocycles. The number of imidazole rings is 1. The summed E-state index contributed by atoms with van der Waals surface area (Å²) in [6.45, 7) is 0. The summed E-state index contributed by atoms with van der Waals surface area (Å²) < 4.78 is 2.04. The van der Waals surface area contributed by atoms with Crippen molar-refractivity contribution in [2.45, 2.75) is 9.79 Å². The van der Waals surface area contributed by atoms with Crippen LogP contribution in [0.1, 0.15) is 0 Å². The molecule has 2 aromatic heterocycles. The van der Waals surface area contributed by atoms with Crippen molar-refractivity contribution in [1.82, 2.24) is 9.38 Å². The summed E-state index contributed by atoms with van der Waals surface area (Å²) in [5.41, 5.74) is 2.20. The summed E-state index contributed by atoms with van der Waals surface area (Å²) in [6.07, 6.45) is 5.89. The van der Waals surface area contributed by atoms with Crippen LogP contribution in [0.3, 0.4) is 0 Å². The maximum Gasteiger partial charge on any atom is 0.136 e. The van der Waals surface area contributed by atoms with Gasteiger partial charge in [0.15, 0.2) is 0 Å². The Morgan fingerprint density at radius 2 is 1.74 bits per heavy atom. The van der Waals surface area contributed by atoms with Gasteiger partial charge in [-0.25, -0.2) is 4.98 Å². The highest BCUT2D eigenvalue weighted by atomic mass is 32.2. The second-order valence-electron chi connectivity index (χ2n) is 4.55. The number of nitrogens with zero attached hydrogens (tertiary/aromatic N) is 3. The number of anilines is 1. The first-order valence-corrected chi connectivity index (χ1v) is 6.92. The van der Waals surface area contributed by atoms with Crippen LogP contribution in [0.4, 0.5) is 5.69 Å². The van der Waals surface area contributed by atoms with Crippen molar-refractivity contribution in [3.05, 3.63) is 55.0 Å². The highest BCUT2D eigenvalue weighted by Crippen LogP contribution is 2.29. The Morgan fingerprint density at radius 1 is 1.00 bits per heavy atom. The standard InChI is InChI=1S/C15H15N3S/c1-17(2)12-3-5-13(6-4-12)19-14-7-8-15-16-9-10-18(15)11-14/h3-11H,1-2H3. The van der Waals surface area contributed by atoms with Crippen molar-refractivity contribution < 1.29 is 0 Å². The lowest BCUT2D eigenvalue weighted by Gasteiger charge is -2.12. The fourth-order valence-corrected chi connectivity index (χ4v) is 2.76. The quantitative estimate of drug-likeness (QED) is 0.725. The Bertz CT molecular complexity index is 686. The molecule has 96 valence electrons. The van der Waals surface area contributed by atoms with E-state index >= 15 is 0 Å². The molecule has 19 heavy (non-hydrogen) atoms. The first-order chi connectivity index (χ1) is 9.22. The van der Waals surface area contributed by atoms with Gasteiger partial charge in [-0.05, 0) is 36.4 Å². The molecule has 0 bridgehead atoms. The average molecular weight is 269 g/mol. The minimum atomic E-state index is 0.979. The first kappa shape index (κ1) is 12.1. The molecule has 1 aromatic carbocycles. The van der Waals surface area contributed by atoms with Crippen LogP contribution in [0.2, 0.25) is 0 Å². The highest BCUT2D eigenvalue weighted by Gasteiger charge is 2.01. The van der Waals surface area contributed by atoms with Crippen LogP contribution < -0.4 is 4.90 Å². The van der Waals surface area contributed by atoms with Gasteiger partial charge in [0.2, 0.25) is 0 Å². The normalized spacial score (nSPS) is 10.8. The first-order valence-electron chi connectivity index (χ1n) is 6.10. The van der Waals surface area contributed by atoms with Crippen molar-refractivity contribution in [2.24, 2.45) is 0 Å². The zero-order valence-corrected chi connectivity index (χ0v) is 11.8. The number of benzene rings is 1. The van der Waals surface area contributed by atoms with Crippen LogP contribution in [0.15, 0.2) is 64.8 Å². The number of hydrogen-bond donors (Lipinski definition) is 0. The number of hydrogen-bond acceptors (Lipinski definition) is 3. The predicted octanol–water partition coefficient (Wildman–Crippen LogP) is 3.55. The van der Waals surface area contributed by atoms with E-state index in [1.54, 1.807) is 11.8 Å². The van der Waals surface area contributed by atoms with E-state index in [0.29, 0.717) is 0 Å². The molecule has 0 aliphatic heterocycles. The van der Waals surface area contributed by atoms with E-state index in [1.807, 2.05) is 22.9 Å². The van der Waals surface area contributed by atoms with E-state index in [4.69, 9.17) is 0 Å². The van der Waals surface area contributed by atoms with E-state index in [2.05, 4.69) is 60.5 Å². The van der Waals surface area contributed by atoms with Gasteiger partial charge >= 0.3 is 0 Å². The van der Waals surface area contributed by atoms with Crippen molar-refractivity contribution in [3.8, 4) is 0 Å². The Kier molecular flexibility index (Phi) is 3.17. The monoisotopic (exact) mass is 269 g/mol. The predicted molar refractivity (Wildman–Crippen MR) is 80.1 cm³/mol. The van der Waals surface area contributed by atoms with Gasteiger partial charge in [0.05, 0.1) is 0 Å². The molecule has 3 aromatic rings. The molecular formula is C15H15N3S. The van der Waals surface area contributed by atoms with Crippen LogP contribution in [-0.2, 0) is 0 Å². The van der Waals surface area contributed by atoms with Gasteiger partial charge in [-0.15, -0.1) is 0 Å². The minimum absolute atomic E-state index is 0.979. The van der Waals surface area contributed by atoms with Gasteiger partial charge in [-0.1, -0.05) is 11.8 Å². The summed E-state index contributed by atoms with van der Waals surface area (Å²) >= 11 is 1.76. The fourth-order valence-electron chi connectivity index (χ4n) is 1.91. The zero-order chi connectivity index (χ0) is 13.2. The van der Waals surface area contributed by atoms with Crippen molar-refractivity contribution >= 4 is 23.1 Å². The number of aromatic nitrogens is 2. The van der Waals surface area contributed by atoms with E-state index in [9.17, 15) is 0 Å². The van der Waals surface area contributed by atoms with Gasteiger partial charge in [0.1, 0.15) is 5.65 Å². The molecule has 3 rings (SSSR count). The number of pyridine rings is 1. The average Bonchev–Trinajstić information content (AvgIpc) is 2.87. The minimum Gasteiger partial charge on any atom is -0.378 e. The molecule has 0 radical (unpaired) electrons. The molecule has 0 atom stereocenters. The second-order valence-corrected chi connectivity index (χ2v) is 5.69. The van der Waals surface area contributed by atoms with Crippen LogP contribution in [0.25, 0.3) is 5.65 Å². The second kappa shape index (κ2) is 4.97. The van der Waals surface area contributed by atoms with Gasteiger partial charge in [-0.3, -0.25) is 0 Å². The SMILES string of the molecule is CN(C)c1ccc(Sc2ccc3nccn3c2)cc1. The van der Waals surface area contributed by atoms with Crippen LogP contribution >= 0.6 is 11.8 Å². The van der Waals surface area contributed by atoms with Gasteiger partial charge < -0.3 is 9.30 Å². The fraction of sp³-hybridized carbons (Fsp3) is 0.133. The lowest BCUT2D eigenvalue weighted by atomic mass is 10.3. The Balaban J connectivity index is 1.83. The maximum atomic E-state index is 4.25. The van der Waals surface area contributed by atoms with Crippen molar-refractivity contribution in [3.63, 3.8) is 0 Å². The molecule has 0 N–H and O–H groups in total. The lowest BCUT2D eigenvalue weighted by molar-refractivity contribution is 1.12. The third kappa shape index (κ3) is 2.58. The van der Waals surface area contributed by atoms with E-state index in [0.717, 1.165) is 5.65 Å². The summed E-state index contributed by atoms with van der Waals surface area (Å²) in [7, 11) is 4.10. The van der Waals surface area contributed by atoms with E-state index < -0.39 is 0 Å². The smallest absolute Gasteiger partial charge is 0.136 e. The molecule has 2 heterocycles.